The maximum absolute atomic E-state index is 13.1. The lowest BCUT2D eigenvalue weighted by molar-refractivity contribution is -0.141. The van der Waals surface area contributed by atoms with Crippen LogP contribution < -0.4 is 16.1 Å². The van der Waals surface area contributed by atoms with Gasteiger partial charge in [0.05, 0.1) is 29.9 Å². The van der Waals surface area contributed by atoms with Crippen molar-refractivity contribution in [2.45, 2.75) is 56.3 Å². The van der Waals surface area contributed by atoms with E-state index in [0.717, 1.165) is 25.1 Å². The fraction of sp³-hybridized carbons (Fsp3) is 0.478. The molecule has 0 aromatic carbocycles. The van der Waals surface area contributed by atoms with Gasteiger partial charge in [0.2, 0.25) is 5.91 Å². The number of carbonyl (C=O) groups is 1. The molecule has 2 aliphatic heterocycles. The van der Waals surface area contributed by atoms with Crippen LogP contribution in [0.4, 0.5) is 13.2 Å². The Morgan fingerprint density at radius 3 is 2.44 bits per heavy atom. The second-order valence-electron chi connectivity index (χ2n) is 9.21. The maximum atomic E-state index is 13.1. The highest BCUT2D eigenvalue weighted by atomic mass is 19.4. The molecule has 1 amide bonds. The summed E-state index contributed by atoms with van der Waals surface area (Å²) in [6.45, 7) is 1.77. The molecule has 2 aromatic heterocycles. The van der Waals surface area contributed by atoms with Gasteiger partial charge in [0, 0.05) is 36.5 Å². The fourth-order valence-corrected chi connectivity index (χ4v) is 5.14. The van der Waals surface area contributed by atoms with E-state index in [2.05, 4.69) is 37.1 Å². The molecular weight excluding hydrogens is 475 g/mol. The first kappa shape index (κ1) is 24.1. The number of hydrogen-bond donors (Lipinski definition) is 3. The third-order valence-corrected chi connectivity index (χ3v) is 7.24. The number of amides is 1. The van der Waals surface area contributed by atoms with Crippen LogP contribution in [0, 0.1) is 34.5 Å². The normalized spacial score (nSPS) is 30.9. The first-order chi connectivity index (χ1) is 17.2. The Morgan fingerprint density at radius 2 is 1.89 bits per heavy atom. The predicted octanol–water partition coefficient (Wildman–Crippen LogP) is 1.72. The average molecular weight is 497 g/mol. The Hall–Kier alpha value is -3.65. The van der Waals surface area contributed by atoms with E-state index < -0.39 is 42.2 Å². The predicted molar refractivity (Wildman–Crippen MR) is 117 cm³/mol. The number of hydrogen-bond acceptors (Lipinski definition) is 9. The van der Waals surface area contributed by atoms with Gasteiger partial charge in [-0.25, -0.2) is 20.4 Å². The number of halogens is 3. The molecule has 3 aliphatic rings. The molecule has 0 bridgehead atoms. The fourth-order valence-electron chi connectivity index (χ4n) is 5.14. The van der Waals surface area contributed by atoms with Crippen molar-refractivity contribution in [3.8, 4) is 12.1 Å². The van der Waals surface area contributed by atoms with Crippen LogP contribution in [-0.4, -0.2) is 44.2 Å². The second-order valence-corrected chi connectivity index (χ2v) is 9.21. The van der Waals surface area contributed by atoms with Crippen LogP contribution in [-0.2, 0) is 11.0 Å². The molecule has 0 spiro atoms. The molecule has 13 heteroatoms. The van der Waals surface area contributed by atoms with Crippen molar-refractivity contribution in [1.82, 2.24) is 36.0 Å². The van der Waals surface area contributed by atoms with Gasteiger partial charge in [0.25, 0.3) is 0 Å². The van der Waals surface area contributed by atoms with Crippen molar-refractivity contribution in [3.05, 3.63) is 53.4 Å². The number of nitrogens with zero attached hydrogens (tertiary/aromatic N) is 6. The van der Waals surface area contributed by atoms with Crippen molar-refractivity contribution >= 4 is 5.91 Å². The Kier molecular flexibility index (Phi) is 6.08. The third-order valence-electron chi connectivity index (χ3n) is 7.24. The van der Waals surface area contributed by atoms with Crippen LogP contribution in [0.25, 0.3) is 0 Å². The molecule has 7 atom stereocenters. The average Bonchev–Trinajstić information content (AvgIpc) is 3.22. The summed E-state index contributed by atoms with van der Waals surface area (Å²) in [5.74, 6) is -0.425. The molecule has 186 valence electrons. The van der Waals surface area contributed by atoms with Gasteiger partial charge in [-0.3, -0.25) is 15.1 Å². The minimum Gasteiger partial charge on any atom is -0.340 e. The standard InChI is InChI=1S/C23H22F3N9O/c1-11(13-2-5-17(29-10-13)23(24,25)26)35-21-18(16(7-28)34-35)22(36)33-20(32-21)15-4-3-14(15)19-30-8-12(6-27)9-31-19/h2,5,8-11,14-16,18,20-21,32,34H,3-4H2,1H3,(H,33,36)/t11-,14+,15-,16?,18?,20?,21?/m1/s1. The van der Waals surface area contributed by atoms with Crippen molar-refractivity contribution in [2.75, 3.05) is 0 Å². The molecule has 10 nitrogen and oxygen atoms in total. The molecule has 2 saturated heterocycles. The van der Waals surface area contributed by atoms with Crippen LogP contribution in [0.3, 0.4) is 0 Å². The van der Waals surface area contributed by atoms with Gasteiger partial charge in [0.1, 0.15) is 23.6 Å². The van der Waals surface area contributed by atoms with Gasteiger partial charge in [-0.15, -0.1) is 0 Å². The first-order valence-corrected chi connectivity index (χ1v) is 11.5. The zero-order valence-electron chi connectivity index (χ0n) is 19.1. The number of nitriles is 2. The van der Waals surface area contributed by atoms with Gasteiger partial charge in [-0.1, -0.05) is 6.07 Å². The van der Waals surface area contributed by atoms with Crippen molar-refractivity contribution in [1.29, 1.82) is 10.5 Å². The monoisotopic (exact) mass is 497 g/mol. The summed E-state index contributed by atoms with van der Waals surface area (Å²) in [6.07, 6.45) is 0.214. The number of carbonyl (C=O) groups excluding carboxylic acids is 1. The number of pyridine rings is 1. The van der Waals surface area contributed by atoms with E-state index in [0.29, 0.717) is 17.0 Å². The molecule has 2 aromatic rings. The number of alkyl halides is 3. The quantitative estimate of drug-likeness (QED) is 0.575. The van der Waals surface area contributed by atoms with E-state index >= 15 is 0 Å². The molecule has 36 heavy (non-hydrogen) atoms. The van der Waals surface area contributed by atoms with Crippen LogP contribution in [0.1, 0.15) is 54.4 Å². The summed E-state index contributed by atoms with van der Waals surface area (Å²) >= 11 is 0. The smallest absolute Gasteiger partial charge is 0.340 e. The van der Waals surface area contributed by atoms with Crippen molar-refractivity contribution in [2.24, 2.45) is 11.8 Å². The van der Waals surface area contributed by atoms with Crippen LogP contribution in [0.15, 0.2) is 30.7 Å². The highest BCUT2D eigenvalue weighted by molar-refractivity contribution is 5.82. The Balaban J connectivity index is 1.36. The van der Waals surface area contributed by atoms with E-state index in [1.807, 2.05) is 6.07 Å². The summed E-state index contributed by atoms with van der Waals surface area (Å²) < 4.78 is 38.8. The van der Waals surface area contributed by atoms with Crippen LogP contribution in [0.5, 0.6) is 0 Å². The number of rotatable bonds is 4. The van der Waals surface area contributed by atoms with Crippen molar-refractivity contribution < 1.29 is 18.0 Å². The summed E-state index contributed by atoms with van der Waals surface area (Å²) in [5, 5.41) is 26.8. The molecule has 3 fully saturated rings. The zero-order valence-corrected chi connectivity index (χ0v) is 19.1. The third kappa shape index (κ3) is 4.15. The van der Waals surface area contributed by atoms with E-state index in [-0.39, 0.29) is 17.7 Å². The SMILES string of the molecule is C[C@H](c1ccc(C(F)(F)F)nc1)N1NC(C#N)C2C(=O)NC([C@@H]3CC[C@@H]3c3ncc(C#N)cn3)NC21. The van der Waals surface area contributed by atoms with Crippen LogP contribution in [0.2, 0.25) is 0 Å². The lowest BCUT2D eigenvalue weighted by Gasteiger charge is -2.47. The maximum Gasteiger partial charge on any atom is 0.433 e. The van der Waals surface area contributed by atoms with E-state index in [1.54, 1.807) is 11.9 Å². The van der Waals surface area contributed by atoms with Crippen LogP contribution >= 0.6 is 0 Å². The minimum absolute atomic E-state index is 0.00568. The Morgan fingerprint density at radius 1 is 1.14 bits per heavy atom. The summed E-state index contributed by atoms with van der Waals surface area (Å²) in [5.41, 5.74) is 2.93. The topological polar surface area (TPSA) is 143 Å². The van der Waals surface area contributed by atoms with Gasteiger partial charge < -0.3 is 5.32 Å². The molecule has 0 radical (unpaired) electrons. The number of hydrazine groups is 1. The van der Waals surface area contributed by atoms with E-state index in [9.17, 15) is 23.2 Å². The molecule has 3 N–H and O–H groups in total. The number of fused-ring (bicyclic) bond motifs is 1. The molecule has 1 saturated carbocycles. The number of nitrogens with one attached hydrogen (secondary N) is 3. The largest absolute Gasteiger partial charge is 0.433 e. The molecular formula is C23H22F3N9O. The molecule has 5 rings (SSSR count). The van der Waals surface area contributed by atoms with Gasteiger partial charge >= 0.3 is 6.18 Å². The van der Waals surface area contributed by atoms with Crippen molar-refractivity contribution in [3.63, 3.8) is 0 Å². The van der Waals surface area contributed by atoms with Gasteiger partial charge in [0.15, 0.2) is 0 Å². The molecule has 4 heterocycles. The lowest BCUT2D eigenvalue weighted by Crippen LogP contribution is -2.68. The summed E-state index contributed by atoms with van der Waals surface area (Å²) in [6, 6.07) is 5.07. The Labute approximate surface area is 204 Å². The van der Waals surface area contributed by atoms with E-state index in [1.165, 1.54) is 18.5 Å². The lowest BCUT2D eigenvalue weighted by atomic mass is 9.70. The highest BCUT2D eigenvalue weighted by Crippen LogP contribution is 2.44. The summed E-state index contributed by atoms with van der Waals surface area (Å²) in [7, 11) is 0. The number of aromatic nitrogens is 3. The molecule has 4 unspecified atom stereocenters. The summed E-state index contributed by atoms with van der Waals surface area (Å²) in [4.78, 5) is 25.3. The van der Waals surface area contributed by atoms with Gasteiger partial charge in [-0.2, -0.15) is 23.7 Å². The highest BCUT2D eigenvalue weighted by Gasteiger charge is 2.54. The first-order valence-electron chi connectivity index (χ1n) is 11.5. The minimum atomic E-state index is -4.54. The second kappa shape index (κ2) is 9.09. The van der Waals surface area contributed by atoms with E-state index in [4.69, 9.17) is 5.26 Å². The van der Waals surface area contributed by atoms with Gasteiger partial charge in [-0.05, 0) is 31.4 Å². The zero-order chi connectivity index (χ0) is 25.6. The molecule has 1 aliphatic carbocycles. The Bertz CT molecular complexity index is 1220.